The lowest BCUT2D eigenvalue weighted by Gasteiger charge is -2.11. The minimum absolute atomic E-state index is 1.06. The molecule has 0 saturated carbocycles. The van der Waals surface area contributed by atoms with Crippen molar-refractivity contribution in [1.82, 2.24) is 0 Å². The zero-order valence-corrected chi connectivity index (χ0v) is 11.4. The van der Waals surface area contributed by atoms with E-state index in [1.807, 2.05) is 0 Å². The van der Waals surface area contributed by atoms with Crippen molar-refractivity contribution >= 4 is 0 Å². The van der Waals surface area contributed by atoms with Crippen LogP contribution in [-0.4, -0.2) is 0 Å². The third kappa shape index (κ3) is 3.22. The predicted molar refractivity (Wildman–Crippen MR) is 79.0 cm³/mol. The van der Waals surface area contributed by atoms with E-state index in [2.05, 4.69) is 62.4 Å². The molecule has 0 aliphatic carbocycles. The predicted octanol–water partition coefficient (Wildman–Crippen LogP) is 4.93. The molecule has 0 heterocycles. The van der Waals surface area contributed by atoms with Gasteiger partial charge in [0, 0.05) is 0 Å². The molecule has 2 aromatic carbocycles. The molecule has 0 spiro atoms. The summed E-state index contributed by atoms with van der Waals surface area (Å²) in [6.45, 7) is 4.45. The van der Waals surface area contributed by atoms with Crippen LogP contribution in [0.25, 0.3) is 0 Å². The highest BCUT2D eigenvalue weighted by atomic mass is 14.1. The molecule has 0 aliphatic heterocycles. The molecule has 0 aromatic heterocycles. The van der Waals surface area contributed by atoms with Gasteiger partial charge >= 0.3 is 0 Å². The van der Waals surface area contributed by atoms with E-state index in [0.717, 1.165) is 6.42 Å². The van der Waals surface area contributed by atoms with Gasteiger partial charge in [0.2, 0.25) is 0 Å². The first-order valence-corrected chi connectivity index (χ1v) is 6.92. The fourth-order valence-electron chi connectivity index (χ4n) is 2.35. The summed E-state index contributed by atoms with van der Waals surface area (Å²) >= 11 is 0. The van der Waals surface area contributed by atoms with Crippen LogP contribution in [0.3, 0.4) is 0 Å². The Morgan fingerprint density at radius 3 is 2.06 bits per heavy atom. The van der Waals surface area contributed by atoms with Gasteiger partial charge in [-0.25, -0.2) is 0 Å². The fraction of sp³-hybridized carbons (Fsp3) is 0.333. The summed E-state index contributed by atoms with van der Waals surface area (Å²) in [5.41, 5.74) is 5.84. The van der Waals surface area contributed by atoms with Crippen molar-refractivity contribution in [2.45, 2.75) is 39.5 Å². The van der Waals surface area contributed by atoms with E-state index < -0.39 is 0 Å². The van der Waals surface area contributed by atoms with Crippen LogP contribution in [0.1, 0.15) is 42.0 Å². The van der Waals surface area contributed by atoms with E-state index in [1.54, 1.807) is 0 Å². The zero-order valence-electron chi connectivity index (χ0n) is 11.4. The summed E-state index contributed by atoms with van der Waals surface area (Å²) in [5.74, 6) is 0. The minimum Gasteiger partial charge on any atom is -0.0654 e. The molecule has 0 nitrogen and oxygen atoms in total. The average molecular weight is 238 g/mol. The maximum absolute atomic E-state index is 2.28. The molecule has 0 radical (unpaired) electrons. The Morgan fingerprint density at radius 1 is 0.778 bits per heavy atom. The van der Waals surface area contributed by atoms with E-state index in [-0.39, 0.29) is 0 Å². The van der Waals surface area contributed by atoms with Crippen LogP contribution in [0.15, 0.2) is 48.5 Å². The smallest absolute Gasteiger partial charge is 0.00204 e. The van der Waals surface area contributed by atoms with Crippen LogP contribution < -0.4 is 0 Å². The lowest BCUT2D eigenvalue weighted by molar-refractivity contribution is 0.788. The summed E-state index contributed by atoms with van der Waals surface area (Å²) in [5, 5.41) is 0. The van der Waals surface area contributed by atoms with Crippen molar-refractivity contribution < 1.29 is 0 Å². The number of aryl methyl sites for hydroxylation is 2. The molecule has 0 saturated heterocycles. The molecular formula is C18H22. The summed E-state index contributed by atoms with van der Waals surface area (Å²) < 4.78 is 0. The average Bonchev–Trinajstić information content (AvgIpc) is 2.40. The summed E-state index contributed by atoms with van der Waals surface area (Å²) in [4.78, 5) is 0. The van der Waals surface area contributed by atoms with E-state index in [9.17, 15) is 0 Å². The quantitative estimate of drug-likeness (QED) is 0.693. The van der Waals surface area contributed by atoms with Crippen LogP contribution in [0.4, 0.5) is 0 Å². The van der Waals surface area contributed by atoms with Crippen molar-refractivity contribution in [3.05, 3.63) is 70.8 Å². The largest absolute Gasteiger partial charge is 0.0654 e. The first-order chi connectivity index (χ1) is 8.81. The molecule has 18 heavy (non-hydrogen) atoms. The maximum atomic E-state index is 2.28. The number of hydrogen-bond donors (Lipinski definition) is 0. The molecule has 94 valence electrons. The lowest BCUT2D eigenvalue weighted by Crippen LogP contribution is -1.97. The SMILES string of the molecule is CCCCc1ccccc1Cc1ccccc1C. The van der Waals surface area contributed by atoms with Gasteiger partial charge in [0.25, 0.3) is 0 Å². The Kier molecular flexibility index (Phi) is 4.58. The number of rotatable bonds is 5. The Bertz CT molecular complexity index is 497. The van der Waals surface area contributed by atoms with E-state index in [1.165, 1.54) is 41.5 Å². The number of unbranched alkanes of at least 4 members (excludes halogenated alkanes) is 1. The molecule has 0 N–H and O–H groups in total. The van der Waals surface area contributed by atoms with Gasteiger partial charge in [-0.1, -0.05) is 61.9 Å². The van der Waals surface area contributed by atoms with E-state index in [0.29, 0.717) is 0 Å². The van der Waals surface area contributed by atoms with Gasteiger partial charge in [-0.05, 0) is 48.4 Å². The molecule has 2 rings (SSSR count). The molecule has 0 aliphatic rings. The van der Waals surface area contributed by atoms with Crippen molar-refractivity contribution in [3.8, 4) is 0 Å². The number of benzene rings is 2. The van der Waals surface area contributed by atoms with Gasteiger partial charge in [-0.3, -0.25) is 0 Å². The third-order valence-electron chi connectivity index (χ3n) is 3.56. The monoisotopic (exact) mass is 238 g/mol. The minimum atomic E-state index is 1.06. The molecule has 0 atom stereocenters. The molecule has 0 amide bonds. The standard InChI is InChI=1S/C18H22/c1-3-4-10-16-11-7-8-13-18(16)14-17-12-6-5-9-15(17)2/h5-9,11-13H,3-4,10,14H2,1-2H3. The Morgan fingerprint density at radius 2 is 1.39 bits per heavy atom. The van der Waals surface area contributed by atoms with Gasteiger partial charge < -0.3 is 0 Å². The van der Waals surface area contributed by atoms with Gasteiger partial charge in [-0.2, -0.15) is 0 Å². The maximum Gasteiger partial charge on any atom is -0.00204 e. The molecule has 0 heteroatoms. The zero-order chi connectivity index (χ0) is 12.8. The Balaban J connectivity index is 2.21. The molecular weight excluding hydrogens is 216 g/mol. The topological polar surface area (TPSA) is 0 Å². The van der Waals surface area contributed by atoms with Crippen LogP contribution in [0.5, 0.6) is 0 Å². The fourth-order valence-corrected chi connectivity index (χ4v) is 2.35. The molecule has 2 aromatic rings. The van der Waals surface area contributed by atoms with Gasteiger partial charge in [0.1, 0.15) is 0 Å². The van der Waals surface area contributed by atoms with Crippen molar-refractivity contribution in [2.75, 3.05) is 0 Å². The van der Waals surface area contributed by atoms with Gasteiger partial charge in [-0.15, -0.1) is 0 Å². The first kappa shape index (κ1) is 12.9. The summed E-state index contributed by atoms with van der Waals surface area (Å²) in [6, 6.07) is 17.6. The van der Waals surface area contributed by atoms with Crippen molar-refractivity contribution in [3.63, 3.8) is 0 Å². The second kappa shape index (κ2) is 6.39. The highest BCUT2D eigenvalue weighted by molar-refractivity contribution is 5.36. The third-order valence-corrected chi connectivity index (χ3v) is 3.56. The number of hydrogen-bond acceptors (Lipinski definition) is 0. The van der Waals surface area contributed by atoms with E-state index >= 15 is 0 Å². The normalized spacial score (nSPS) is 10.6. The second-order valence-corrected chi connectivity index (χ2v) is 4.98. The lowest BCUT2D eigenvalue weighted by atomic mass is 9.95. The summed E-state index contributed by atoms with van der Waals surface area (Å²) in [7, 11) is 0. The highest BCUT2D eigenvalue weighted by Gasteiger charge is 2.04. The van der Waals surface area contributed by atoms with Crippen LogP contribution in [0.2, 0.25) is 0 Å². The van der Waals surface area contributed by atoms with Crippen molar-refractivity contribution in [1.29, 1.82) is 0 Å². The molecule has 0 fully saturated rings. The molecule has 0 bridgehead atoms. The Hall–Kier alpha value is -1.56. The van der Waals surface area contributed by atoms with Gasteiger partial charge in [0.15, 0.2) is 0 Å². The van der Waals surface area contributed by atoms with Crippen LogP contribution in [-0.2, 0) is 12.8 Å². The summed E-state index contributed by atoms with van der Waals surface area (Å²) in [6.07, 6.45) is 4.81. The second-order valence-electron chi connectivity index (χ2n) is 4.98. The van der Waals surface area contributed by atoms with E-state index in [4.69, 9.17) is 0 Å². The Labute approximate surface area is 111 Å². The highest BCUT2D eigenvalue weighted by Crippen LogP contribution is 2.18. The molecule has 0 unspecified atom stereocenters. The van der Waals surface area contributed by atoms with Crippen LogP contribution in [0, 0.1) is 6.92 Å². The van der Waals surface area contributed by atoms with Gasteiger partial charge in [0.05, 0.1) is 0 Å². The first-order valence-electron chi connectivity index (χ1n) is 6.92. The van der Waals surface area contributed by atoms with Crippen molar-refractivity contribution in [2.24, 2.45) is 0 Å². The van der Waals surface area contributed by atoms with Crippen LogP contribution >= 0.6 is 0 Å².